The molecule has 0 fully saturated rings. The van der Waals surface area contributed by atoms with Gasteiger partial charge in [0.05, 0.1) is 0 Å². The minimum atomic E-state index is 0.180. The second-order valence-electron chi connectivity index (χ2n) is 5.15. The van der Waals surface area contributed by atoms with Gasteiger partial charge in [0, 0.05) is 11.1 Å². The maximum Gasteiger partial charge on any atom is 0.226 e. The summed E-state index contributed by atoms with van der Waals surface area (Å²) in [5.74, 6) is 1.11. The summed E-state index contributed by atoms with van der Waals surface area (Å²) in [6.45, 7) is 5.83. The Labute approximate surface area is 146 Å². The van der Waals surface area contributed by atoms with Gasteiger partial charge >= 0.3 is 0 Å². The molecule has 1 heterocycles. The van der Waals surface area contributed by atoms with Crippen LogP contribution in [0.5, 0.6) is 0 Å². The molecule has 3 nitrogen and oxygen atoms in total. The molecule has 0 atom stereocenters. The van der Waals surface area contributed by atoms with Gasteiger partial charge in [0.15, 0.2) is 11.6 Å². The van der Waals surface area contributed by atoms with Crippen molar-refractivity contribution in [3.8, 4) is 22.8 Å². The molecule has 0 saturated carbocycles. The fourth-order valence-electron chi connectivity index (χ4n) is 2.44. The van der Waals surface area contributed by atoms with Crippen LogP contribution < -0.4 is 0 Å². The Morgan fingerprint density at radius 1 is 0.917 bits per heavy atom. The molecule has 0 amide bonds. The van der Waals surface area contributed by atoms with Gasteiger partial charge in [0.1, 0.15) is 0 Å². The Kier molecular flexibility index (Phi) is 4.82. The number of hydrogen-bond donors (Lipinski definition) is 0. The van der Waals surface area contributed by atoms with E-state index in [4.69, 9.17) is 11.6 Å². The lowest BCUT2D eigenvalue weighted by Crippen LogP contribution is -1.97. The van der Waals surface area contributed by atoms with Crippen molar-refractivity contribution in [1.82, 2.24) is 15.0 Å². The van der Waals surface area contributed by atoms with Crippen LogP contribution in [-0.4, -0.2) is 15.0 Å². The van der Waals surface area contributed by atoms with E-state index in [1.54, 1.807) is 0 Å². The van der Waals surface area contributed by atoms with Crippen LogP contribution in [0.1, 0.15) is 12.5 Å². The highest BCUT2D eigenvalue weighted by Gasteiger charge is 2.10. The number of allylic oxidation sites excluding steroid dienone is 3. The van der Waals surface area contributed by atoms with E-state index in [-0.39, 0.29) is 5.28 Å². The third kappa shape index (κ3) is 3.42. The average Bonchev–Trinajstić information content (AvgIpc) is 2.63. The van der Waals surface area contributed by atoms with Crippen LogP contribution in [0, 0.1) is 0 Å². The van der Waals surface area contributed by atoms with Gasteiger partial charge in [-0.2, -0.15) is 9.97 Å². The van der Waals surface area contributed by atoms with Crippen LogP contribution in [0.2, 0.25) is 5.28 Å². The summed E-state index contributed by atoms with van der Waals surface area (Å²) in [5.41, 5.74) is 3.90. The summed E-state index contributed by atoms with van der Waals surface area (Å²) in [7, 11) is 0. The SMILES string of the molecule is C=C/C(=C\C)c1cccc(-c2nc(Cl)nc(-c3ccccc3)n2)c1. The van der Waals surface area contributed by atoms with Crippen molar-refractivity contribution in [2.45, 2.75) is 6.92 Å². The normalized spacial score (nSPS) is 11.3. The van der Waals surface area contributed by atoms with Crippen LogP contribution in [0.3, 0.4) is 0 Å². The first kappa shape index (κ1) is 16.1. The summed E-state index contributed by atoms with van der Waals surface area (Å²) in [5, 5.41) is 0.180. The number of hydrogen-bond acceptors (Lipinski definition) is 3. The first-order chi connectivity index (χ1) is 11.7. The summed E-state index contributed by atoms with van der Waals surface area (Å²) < 4.78 is 0. The van der Waals surface area contributed by atoms with Crippen molar-refractivity contribution in [1.29, 1.82) is 0 Å². The van der Waals surface area contributed by atoms with Crippen LogP contribution in [0.25, 0.3) is 28.3 Å². The highest BCUT2D eigenvalue weighted by Crippen LogP contribution is 2.25. The fourth-order valence-corrected chi connectivity index (χ4v) is 2.60. The third-order valence-electron chi connectivity index (χ3n) is 3.63. The molecule has 0 aliphatic heterocycles. The highest BCUT2D eigenvalue weighted by atomic mass is 35.5. The molecule has 3 rings (SSSR count). The molecular formula is C20H16ClN3. The molecule has 4 heteroatoms. The number of nitrogens with zero attached hydrogens (tertiary/aromatic N) is 3. The zero-order valence-electron chi connectivity index (χ0n) is 13.3. The fraction of sp³-hybridized carbons (Fsp3) is 0.0500. The molecule has 3 aromatic rings. The molecule has 0 radical (unpaired) electrons. The minimum Gasteiger partial charge on any atom is -0.208 e. The van der Waals surface area contributed by atoms with E-state index >= 15 is 0 Å². The van der Waals surface area contributed by atoms with E-state index in [2.05, 4.69) is 21.5 Å². The lowest BCUT2D eigenvalue weighted by atomic mass is 10.0. The maximum atomic E-state index is 6.12. The molecule has 0 spiro atoms. The van der Waals surface area contributed by atoms with Crippen molar-refractivity contribution >= 4 is 17.2 Å². The predicted octanol–water partition coefficient (Wildman–Crippen LogP) is 5.45. The zero-order valence-corrected chi connectivity index (χ0v) is 14.0. The second kappa shape index (κ2) is 7.20. The second-order valence-corrected chi connectivity index (χ2v) is 5.48. The Morgan fingerprint density at radius 3 is 2.25 bits per heavy atom. The Bertz CT molecular complexity index is 902. The standard InChI is InChI=1S/C20H16ClN3/c1-3-14(4-2)16-11-8-12-17(13-16)19-22-18(23-20(21)24-19)15-9-6-5-7-10-15/h3-13H,1H2,2H3/b14-4+. The first-order valence-electron chi connectivity index (χ1n) is 7.58. The average molecular weight is 334 g/mol. The van der Waals surface area contributed by atoms with E-state index in [1.165, 1.54) is 0 Å². The monoisotopic (exact) mass is 333 g/mol. The molecule has 0 unspecified atom stereocenters. The van der Waals surface area contributed by atoms with Gasteiger partial charge in [-0.15, -0.1) is 0 Å². The van der Waals surface area contributed by atoms with Gasteiger partial charge in [0.25, 0.3) is 0 Å². The van der Waals surface area contributed by atoms with Crippen LogP contribution in [0.15, 0.2) is 73.3 Å². The third-order valence-corrected chi connectivity index (χ3v) is 3.79. The molecule has 118 valence electrons. The molecule has 1 aromatic heterocycles. The number of aromatic nitrogens is 3. The quantitative estimate of drug-likeness (QED) is 0.596. The van der Waals surface area contributed by atoms with Gasteiger partial charge in [-0.1, -0.05) is 67.3 Å². The Hall–Kier alpha value is -2.78. The van der Waals surface area contributed by atoms with Gasteiger partial charge < -0.3 is 0 Å². The first-order valence-corrected chi connectivity index (χ1v) is 7.95. The molecular weight excluding hydrogens is 318 g/mol. The topological polar surface area (TPSA) is 38.7 Å². The lowest BCUT2D eigenvalue weighted by Gasteiger charge is -2.07. The molecule has 0 aliphatic rings. The number of rotatable bonds is 4. The van der Waals surface area contributed by atoms with Gasteiger partial charge in [-0.05, 0) is 35.7 Å². The summed E-state index contributed by atoms with van der Waals surface area (Å²) in [4.78, 5) is 13.1. The van der Waals surface area contributed by atoms with Crippen molar-refractivity contribution in [2.24, 2.45) is 0 Å². The number of halogens is 1. The molecule has 24 heavy (non-hydrogen) atoms. The van der Waals surface area contributed by atoms with E-state index in [0.717, 1.165) is 22.3 Å². The largest absolute Gasteiger partial charge is 0.226 e. The van der Waals surface area contributed by atoms with Crippen LogP contribution in [0.4, 0.5) is 0 Å². The van der Waals surface area contributed by atoms with Crippen molar-refractivity contribution < 1.29 is 0 Å². The smallest absolute Gasteiger partial charge is 0.208 e. The number of benzene rings is 2. The predicted molar refractivity (Wildman–Crippen MR) is 99.6 cm³/mol. The maximum absolute atomic E-state index is 6.12. The molecule has 0 aliphatic carbocycles. The zero-order chi connectivity index (χ0) is 16.9. The van der Waals surface area contributed by atoms with E-state index in [9.17, 15) is 0 Å². The Balaban J connectivity index is 2.09. The lowest BCUT2D eigenvalue weighted by molar-refractivity contribution is 1.07. The van der Waals surface area contributed by atoms with E-state index < -0.39 is 0 Å². The van der Waals surface area contributed by atoms with Crippen molar-refractivity contribution in [2.75, 3.05) is 0 Å². The van der Waals surface area contributed by atoms with Gasteiger partial charge in [-0.3, -0.25) is 0 Å². The van der Waals surface area contributed by atoms with E-state index in [0.29, 0.717) is 11.6 Å². The van der Waals surface area contributed by atoms with Crippen LogP contribution in [-0.2, 0) is 0 Å². The van der Waals surface area contributed by atoms with E-state index in [1.807, 2.05) is 73.7 Å². The molecule has 0 saturated heterocycles. The molecule has 0 N–H and O–H groups in total. The highest BCUT2D eigenvalue weighted by molar-refractivity contribution is 6.28. The van der Waals surface area contributed by atoms with Crippen molar-refractivity contribution in [3.05, 3.63) is 84.2 Å². The minimum absolute atomic E-state index is 0.180. The van der Waals surface area contributed by atoms with Gasteiger partial charge in [-0.25, -0.2) is 4.98 Å². The van der Waals surface area contributed by atoms with Gasteiger partial charge in [0.2, 0.25) is 5.28 Å². The molecule has 0 bridgehead atoms. The molecule has 2 aromatic carbocycles. The Morgan fingerprint density at radius 2 is 1.58 bits per heavy atom. The van der Waals surface area contributed by atoms with Crippen LogP contribution >= 0.6 is 11.6 Å². The summed E-state index contributed by atoms with van der Waals surface area (Å²) >= 11 is 6.12. The summed E-state index contributed by atoms with van der Waals surface area (Å²) in [6.07, 6.45) is 3.84. The summed E-state index contributed by atoms with van der Waals surface area (Å²) in [6, 6.07) is 17.7. The van der Waals surface area contributed by atoms with Crippen molar-refractivity contribution in [3.63, 3.8) is 0 Å².